The van der Waals surface area contributed by atoms with E-state index >= 15 is 0 Å². The Morgan fingerprint density at radius 3 is 3.05 bits per heavy atom. The average molecular weight is 282 g/mol. The highest BCUT2D eigenvalue weighted by Crippen LogP contribution is 2.29. The van der Waals surface area contributed by atoms with Gasteiger partial charge in [0.15, 0.2) is 0 Å². The van der Waals surface area contributed by atoms with Crippen LogP contribution in [0.1, 0.15) is 24.6 Å². The fourth-order valence-corrected chi connectivity index (χ4v) is 3.70. The molecule has 1 aliphatic rings. The van der Waals surface area contributed by atoms with Gasteiger partial charge in [0.25, 0.3) is 0 Å². The van der Waals surface area contributed by atoms with Crippen LogP contribution in [-0.4, -0.2) is 44.8 Å². The van der Waals surface area contributed by atoms with E-state index in [1.54, 1.807) is 0 Å². The molecular weight excluding hydrogens is 256 g/mol. The Morgan fingerprint density at radius 2 is 2.42 bits per heavy atom. The van der Waals surface area contributed by atoms with Crippen LogP contribution in [0.25, 0.3) is 0 Å². The van der Waals surface area contributed by atoms with Crippen molar-refractivity contribution in [3.8, 4) is 0 Å². The molecule has 4 heteroatoms. The maximum absolute atomic E-state index is 5.75. The van der Waals surface area contributed by atoms with Gasteiger partial charge in [-0.3, -0.25) is 0 Å². The Hall–Kier alpha value is -0.420. The number of hydrogen-bond acceptors (Lipinski definition) is 4. The van der Waals surface area contributed by atoms with Crippen LogP contribution in [0, 0.1) is 5.41 Å². The summed E-state index contributed by atoms with van der Waals surface area (Å²) in [5.74, 6) is 0. The zero-order valence-electron chi connectivity index (χ0n) is 12.2. The van der Waals surface area contributed by atoms with Gasteiger partial charge in [0.1, 0.15) is 0 Å². The highest BCUT2D eigenvalue weighted by atomic mass is 32.1. The van der Waals surface area contributed by atoms with Crippen molar-refractivity contribution in [1.29, 1.82) is 0 Å². The topological polar surface area (TPSA) is 24.5 Å². The van der Waals surface area contributed by atoms with Gasteiger partial charge < -0.3 is 15.0 Å². The number of hydrogen-bond donors (Lipinski definition) is 1. The smallest absolute Gasteiger partial charge is 0.0546 e. The summed E-state index contributed by atoms with van der Waals surface area (Å²) in [6, 6.07) is 4.35. The number of nitrogens with zero attached hydrogens (tertiary/aromatic N) is 1. The lowest BCUT2D eigenvalue weighted by Gasteiger charge is -2.40. The molecular formula is C15H26N2OS. The number of nitrogens with one attached hydrogen (secondary N) is 1. The molecule has 1 fully saturated rings. The predicted octanol–water partition coefficient (Wildman–Crippen LogP) is 2.59. The summed E-state index contributed by atoms with van der Waals surface area (Å²) >= 11 is 1.84. The van der Waals surface area contributed by atoms with Crippen LogP contribution in [0.15, 0.2) is 17.5 Å². The number of rotatable bonds is 7. The van der Waals surface area contributed by atoms with Gasteiger partial charge in [0.05, 0.1) is 6.61 Å². The van der Waals surface area contributed by atoms with Crippen LogP contribution >= 0.6 is 11.3 Å². The second-order valence-electron chi connectivity index (χ2n) is 5.69. The largest absolute Gasteiger partial charge is 0.381 e. The van der Waals surface area contributed by atoms with Crippen molar-refractivity contribution in [2.75, 3.05) is 39.9 Å². The fraction of sp³-hybridized carbons (Fsp3) is 0.733. The molecule has 2 rings (SSSR count). The zero-order chi connectivity index (χ0) is 13.6. The van der Waals surface area contributed by atoms with Crippen LogP contribution in [0.3, 0.4) is 0 Å². The van der Waals surface area contributed by atoms with Crippen molar-refractivity contribution in [2.45, 2.75) is 26.3 Å². The lowest BCUT2D eigenvalue weighted by atomic mass is 9.81. The van der Waals surface area contributed by atoms with Gasteiger partial charge in [0.2, 0.25) is 0 Å². The third kappa shape index (κ3) is 4.56. The van der Waals surface area contributed by atoms with Crippen molar-refractivity contribution in [1.82, 2.24) is 10.2 Å². The lowest BCUT2D eigenvalue weighted by Crippen LogP contribution is -2.48. The lowest BCUT2D eigenvalue weighted by molar-refractivity contribution is -0.0233. The van der Waals surface area contributed by atoms with Crippen LogP contribution in [0.4, 0.5) is 0 Å². The molecule has 2 heterocycles. The molecule has 0 spiro atoms. The Labute approximate surface area is 121 Å². The molecule has 0 amide bonds. The minimum atomic E-state index is 0.292. The summed E-state index contributed by atoms with van der Waals surface area (Å²) in [6.45, 7) is 8.27. The summed E-state index contributed by atoms with van der Waals surface area (Å²) in [4.78, 5) is 3.88. The Kier molecular flexibility index (Phi) is 5.82. The van der Waals surface area contributed by atoms with E-state index in [-0.39, 0.29) is 0 Å². The van der Waals surface area contributed by atoms with Crippen LogP contribution in [0.2, 0.25) is 0 Å². The van der Waals surface area contributed by atoms with E-state index in [1.165, 1.54) is 17.7 Å². The summed E-state index contributed by atoms with van der Waals surface area (Å²) in [5, 5.41) is 5.67. The third-order valence-corrected chi connectivity index (χ3v) is 4.63. The standard InChI is InChI=1S/C15H26N2OS/c1-3-16-11-15(7-5-8-18-13-15)12-17(2)10-14-6-4-9-19-14/h4,6,9,16H,3,5,7-8,10-13H2,1-2H3. The van der Waals surface area contributed by atoms with Gasteiger partial charge in [-0.15, -0.1) is 11.3 Å². The first-order valence-electron chi connectivity index (χ1n) is 7.23. The molecule has 1 aromatic rings. The van der Waals surface area contributed by atoms with Gasteiger partial charge in [-0.05, 0) is 37.9 Å². The highest BCUT2D eigenvalue weighted by Gasteiger charge is 2.33. The molecule has 1 unspecified atom stereocenters. The maximum Gasteiger partial charge on any atom is 0.0546 e. The SMILES string of the molecule is CCNCC1(CN(C)Cc2cccs2)CCCOC1. The van der Waals surface area contributed by atoms with Gasteiger partial charge in [0, 0.05) is 36.5 Å². The molecule has 19 heavy (non-hydrogen) atoms. The number of thiophene rings is 1. The van der Waals surface area contributed by atoms with Gasteiger partial charge in [-0.25, -0.2) is 0 Å². The number of ether oxygens (including phenoxy) is 1. The Balaban J connectivity index is 1.90. The summed E-state index contributed by atoms with van der Waals surface area (Å²) < 4.78 is 5.75. The molecule has 0 saturated carbocycles. The van der Waals surface area contributed by atoms with E-state index in [4.69, 9.17) is 4.74 Å². The first-order chi connectivity index (χ1) is 9.24. The monoisotopic (exact) mass is 282 g/mol. The molecule has 1 aromatic heterocycles. The summed E-state index contributed by atoms with van der Waals surface area (Å²) in [6.07, 6.45) is 2.47. The first-order valence-corrected chi connectivity index (χ1v) is 8.11. The summed E-state index contributed by atoms with van der Waals surface area (Å²) in [7, 11) is 2.22. The van der Waals surface area contributed by atoms with Crippen LogP contribution in [0.5, 0.6) is 0 Å². The molecule has 0 radical (unpaired) electrons. The van der Waals surface area contributed by atoms with Crippen molar-refractivity contribution < 1.29 is 4.74 Å². The molecule has 0 aromatic carbocycles. The third-order valence-electron chi connectivity index (χ3n) is 3.77. The molecule has 0 aliphatic carbocycles. The van der Waals surface area contributed by atoms with Crippen molar-refractivity contribution >= 4 is 11.3 Å². The minimum Gasteiger partial charge on any atom is -0.381 e. The molecule has 1 N–H and O–H groups in total. The van der Waals surface area contributed by atoms with E-state index < -0.39 is 0 Å². The first kappa shape index (κ1) is 15.0. The van der Waals surface area contributed by atoms with Crippen molar-refractivity contribution in [3.63, 3.8) is 0 Å². The fourth-order valence-electron chi connectivity index (χ4n) is 2.92. The molecule has 1 atom stereocenters. The van der Waals surface area contributed by atoms with E-state index in [0.29, 0.717) is 5.41 Å². The van der Waals surface area contributed by atoms with Gasteiger partial charge in [-0.2, -0.15) is 0 Å². The van der Waals surface area contributed by atoms with E-state index in [9.17, 15) is 0 Å². The second kappa shape index (κ2) is 7.39. The summed E-state index contributed by atoms with van der Waals surface area (Å²) in [5.41, 5.74) is 0.292. The minimum absolute atomic E-state index is 0.292. The zero-order valence-corrected chi connectivity index (χ0v) is 13.0. The highest BCUT2D eigenvalue weighted by molar-refractivity contribution is 7.09. The van der Waals surface area contributed by atoms with Crippen LogP contribution in [-0.2, 0) is 11.3 Å². The molecule has 3 nitrogen and oxygen atoms in total. The normalized spacial score (nSPS) is 23.9. The predicted molar refractivity (Wildman–Crippen MR) is 81.7 cm³/mol. The van der Waals surface area contributed by atoms with Gasteiger partial charge >= 0.3 is 0 Å². The Morgan fingerprint density at radius 1 is 1.53 bits per heavy atom. The quantitative estimate of drug-likeness (QED) is 0.832. The van der Waals surface area contributed by atoms with Crippen LogP contribution < -0.4 is 5.32 Å². The van der Waals surface area contributed by atoms with E-state index in [0.717, 1.165) is 39.4 Å². The molecule has 0 bridgehead atoms. The van der Waals surface area contributed by atoms with E-state index in [2.05, 4.69) is 41.7 Å². The van der Waals surface area contributed by atoms with E-state index in [1.807, 2.05) is 11.3 Å². The maximum atomic E-state index is 5.75. The second-order valence-corrected chi connectivity index (χ2v) is 6.72. The van der Waals surface area contributed by atoms with Gasteiger partial charge in [-0.1, -0.05) is 13.0 Å². The molecule has 108 valence electrons. The van der Waals surface area contributed by atoms with Crippen molar-refractivity contribution in [2.24, 2.45) is 5.41 Å². The molecule has 1 saturated heterocycles. The molecule has 1 aliphatic heterocycles. The average Bonchev–Trinajstić information content (AvgIpc) is 2.90. The van der Waals surface area contributed by atoms with Crippen molar-refractivity contribution in [3.05, 3.63) is 22.4 Å². The Bertz CT molecular complexity index is 347.